The number of piperidine rings is 1. The topological polar surface area (TPSA) is 106 Å². The van der Waals surface area contributed by atoms with Crippen LogP contribution in [0.25, 0.3) is 6.08 Å². The van der Waals surface area contributed by atoms with Gasteiger partial charge < -0.3 is 28.8 Å². The summed E-state index contributed by atoms with van der Waals surface area (Å²) in [6.45, 7) is 10.1. The maximum atomic E-state index is 14.8. The van der Waals surface area contributed by atoms with Gasteiger partial charge in [-0.2, -0.15) is 0 Å². The number of carbonyl (C=O) groups is 2. The van der Waals surface area contributed by atoms with Gasteiger partial charge in [0.25, 0.3) is 5.79 Å². The number of halogens is 2. The van der Waals surface area contributed by atoms with Gasteiger partial charge in [-0.25, -0.2) is 19.0 Å². The largest absolute Gasteiger partial charge is 0.478 e. The molecule has 12 heteroatoms. The zero-order chi connectivity index (χ0) is 33.2. The van der Waals surface area contributed by atoms with Crippen molar-refractivity contribution in [3.05, 3.63) is 82.2 Å². The van der Waals surface area contributed by atoms with E-state index < -0.39 is 29.3 Å². The number of para-hydroxylation sites is 1. The van der Waals surface area contributed by atoms with Gasteiger partial charge in [-0.05, 0) is 83.0 Å². The molecule has 1 amide bonds. The van der Waals surface area contributed by atoms with E-state index in [2.05, 4.69) is 9.88 Å². The highest BCUT2D eigenvalue weighted by Gasteiger charge is 2.43. The number of imidazole rings is 1. The van der Waals surface area contributed by atoms with Crippen molar-refractivity contribution in [1.29, 1.82) is 0 Å². The van der Waals surface area contributed by atoms with E-state index in [4.69, 9.17) is 25.8 Å². The zero-order valence-corrected chi connectivity index (χ0v) is 27.5. The average Bonchev–Trinajstić information content (AvgIpc) is 3.53. The fourth-order valence-electron chi connectivity index (χ4n) is 5.82. The lowest BCUT2D eigenvalue weighted by Gasteiger charge is -2.32. The summed E-state index contributed by atoms with van der Waals surface area (Å²) < 4.78 is 34.7. The lowest BCUT2D eigenvalue weighted by molar-refractivity contribution is -0.131. The van der Waals surface area contributed by atoms with Crippen LogP contribution in [0.1, 0.15) is 69.1 Å². The third-order valence-corrected chi connectivity index (χ3v) is 8.39. The predicted octanol–water partition coefficient (Wildman–Crippen LogP) is 6.66. The normalized spacial score (nSPS) is 18.7. The number of rotatable bonds is 9. The second-order valence-electron chi connectivity index (χ2n) is 12.8. The summed E-state index contributed by atoms with van der Waals surface area (Å²) in [5.74, 6) is -0.649. The Bertz CT molecular complexity index is 1630. The number of hydrogen-bond donors (Lipinski definition) is 1. The molecule has 5 rings (SSSR count). The van der Waals surface area contributed by atoms with Gasteiger partial charge in [0, 0.05) is 43.7 Å². The molecule has 0 radical (unpaired) electrons. The van der Waals surface area contributed by atoms with Gasteiger partial charge in [0.15, 0.2) is 11.5 Å². The number of carboxylic acid groups (broad SMARTS) is 1. The molecule has 0 saturated carbocycles. The van der Waals surface area contributed by atoms with Crippen molar-refractivity contribution in [2.24, 2.45) is 0 Å². The van der Waals surface area contributed by atoms with E-state index in [1.54, 1.807) is 32.3 Å². The summed E-state index contributed by atoms with van der Waals surface area (Å²) in [6, 6.07) is 10.3. The molecule has 46 heavy (non-hydrogen) atoms. The highest BCUT2D eigenvalue weighted by molar-refractivity contribution is 6.30. The molecule has 1 atom stereocenters. The molecular formula is C34H40ClFN4O6. The molecule has 3 heterocycles. The number of nitrogens with zero attached hydrogens (tertiary/aromatic N) is 4. The third-order valence-electron chi connectivity index (χ3n) is 8.15. The molecule has 2 aromatic carbocycles. The van der Waals surface area contributed by atoms with Crippen LogP contribution in [0.4, 0.5) is 9.18 Å². The number of ether oxygens (including phenoxy) is 3. The minimum Gasteiger partial charge on any atom is -0.478 e. The first-order valence-electron chi connectivity index (χ1n) is 15.3. The van der Waals surface area contributed by atoms with Crippen LogP contribution in [0, 0.1) is 5.82 Å². The minimum absolute atomic E-state index is 0.212. The zero-order valence-electron chi connectivity index (χ0n) is 26.8. The smallest absolute Gasteiger partial charge is 0.410 e. The Kier molecular flexibility index (Phi) is 9.65. The van der Waals surface area contributed by atoms with Crippen LogP contribution in [-0.4, -0.2) is 68.8 Å². The number of carbonyl (C=O) groups excluding carboxylic acids is 1. The Labute approximate surface area is 273 Å². The van der Waals surface area contributed by atoms with Gasteiger partial charge in [0.05, 0.1) is 24.0 Å². The van der Waals surface area contributed by atoms with E-state index >= 15 is 0 Å². The number of likely N-dealkylation sites (tertiary alicyclic amines) is 1. The number of carboxylic acids is 1. The summed E-state index contributed by atoms with van der Waals surface area (Å²) in [7, 11) is 1.67. The van der Waals surface area contributed by atoms with Crippen molar-refractivity contribution >= 4 is 29.7 Å². The number of amides is 1. The number of likely N-dealkylation sites (N-methyl/N-ethyl adjacent to an activating group) is 1. The van der Waals surface area contributed by atoms with Gasteiger partial charge >= 0.3 is 12.1 Å². The van der Waals surface area contributed by atoms with Crippen molar-refractivity contribution in [2.75, 3.05) is 26.7 Å². The second-order valence-corrected chi connectivity index (χ2v) is 13.3. The van der Waals surface area contributed by atoms with Crippen molar-refractivity contribution in [3.8, 4) is 11.5 Å². The molecule has 2 aliphatic rings. The summed E-state index contributed by atoms with van der Waals surface area (Å²) in [4.78, 5) is 32.2. The monoisotopic (exact) mass is 654 g/mol. The molecule has 0 bridgehead atoms. The first kappa shape index (κ1) is 33.3. The molecule has 0 aliphatic carbocycles. The molecule has 1 unspecified atom stereocenters. The second kappa shape index (κ2) is 13.3. The molecule has 1 aromatic heterocycles. The molecular weight excluding hydrogens is 615 g/mol. The fourth-order valence-corrected chi connectivity index (χ4v) is 5.98. The summed E-state index contributed by atoms with van der Waals surface area (Å²) in [5, 5.41) is 9.49. The van der Waals surface area contributed by atoms with Gasteiger partial charge in [0.2, 0.25) is 0 Å². The van der Waals surface area contributed by atoms with Crippen LogP contribution < -0.4 is 9.47 Å². The van der Waals surface area contributed by atoms with Gasteiger partial charge in [0.1, 0.15) is 17.2 Å². The fraction of sp³-hybridized carbons (Fsp3) is 0.441. The summed E-state index contributed by atoms with van der Waals surface area (Å²) in [5.41, 5.74) is 1.34. The van der Waals surface area contributed by atoms with Gasteiger partial charge in [-0.3, -0.25) is 4.90 Å². The van der Waals surface area contributed by atoms with E-state index in [1.165, 1.54) is 17.0 Å². The Balaban J connectivity index is 1.26. The van der Waals surface area contributed by atoms with Gasteiger partial charge in [-0.15, -0.1) is 0 Å². The van der Waals surface area contributed by atoms with E-state index in [0.717, 1.165) is 43.4 Å². The van der Waals surface area contributed by atoms with Crippen molar-refractivity contribution in [2.45, 2.75) is 70.9 Å². The number of aliphatic carboxylic acids is 1. The van der Waals surface area contributed by atoms with Crippen molar-refractivity contribution < 1.29 is 33.3 Å². The first-order chi connectivity index (χ1) is 21.7. The van der Waals surface area contributed by atoms with Crippen LogP contribution in [-0.2, 0) is 28.4 Å². The average molecular weight is 655 g/mol. The van der Waals surface area contributed by atoms with Crippen molar-refractivity contribution in [3.63, 3.8) is 0 Å². The molecule has 1 N–H and O–H groups in total. The Morgan fingerprint density at radius 3 is 2.63 bits per heavy atom. The number of fused-ring (bicyclic) bond motifs is 1. The quantitative estimate of drug-likeness (QED) is 0.255. The van der Waals surface area contributed by atoms with Crippen molar-refractivity contribution in [1.82, 2.24) is 19.4 Å². The SMILES string of the molecule is CN(CCn1c(/C=C/C(=O)O)cnc1CN1CCC(c2cccc3c2OC(C)(c2ccc(Cl)cc2F)O3)CC1)C(=O)OC(C)(C)C. The molecule has 3 aromatic rings. The highest BCUT2D eigenvalue weighted by Crippen LogP contribution is 2.49. The first-order valence-corrected chi connectivity index (χ1v) is 15.7. The summed E-state index contributed by atoms with van der Waals surface area (Å²) >= 11 is 5.97. The summed E-state index contributed by atoms with van der Waals surface area (Å²) in [6.07, 6.45) is 5.54. The lowest BCUT2D eigenvalue weighted by atomic mass is 9.88. The van der Waals surface area contributed by atoms with Gasteiger partial charge in [-0.1, -0.05) is 23.7 Å². The highest BCUT2D eigenvalue weighted by atomic mass is 35.5. The van der Waals surface area contributed by atoms with Crippen LogP contribution in [0.3, 0.4) is 0 Å². The Hall–Kier alpha value is -4.09. The number of benzene rings is 2. The molecule has 1 saturated heterocycles. The molecule has 1 fully saturated rings. The predicted molar refractivity (Wildman–Crippen MR) is 171 cm³/mol. The van der Waals surface area contributed by atoms with E-state index in [9.17, 15) is 19.1 Å². The maximum absolute atomic E-state index is 14.8. The lowest BCUT2D eigenvalue weighted by Crippen LogP contribution is -2.37. The maximum Gasteiger partial charge on any atom is 0.410 e. The minimum atomic E-state index is -1.31. The molecule has 246 valence electrons. The third kappa shape index (κ3) is 7.64. The standard InChI is InChI=1S/C34H40ClFN4O6/c1-33(2,3)46-32(43)38(5)17-18-40-24(10-12-30(41)42)20-37-29(40)21-39-15-13-22(14-16-39)25-7-6-8-28-31(25)45-34(4,44-28)26-11-9-23(35)19-27(26)36/h6-12,19-20,22H,13-18,21H2,1-5H3,(H,41,42)/b12-10+. The van der Waals surface area contributed by atoms with E-state index in [-0.39, 0.29) is 11.5 Å². The molecule has 2 aliphatic heterocycles. The van der Waals surface area contributed by atoms with E-state index in [1.807, 2.05) is 43.5 Å². The van der Waals surface area contributed by atoms with Crippen LogP contribution in [0.2, 0.25) is 5.02 Å². The number of aromatic nitrogens is 2. The Morgan fingerprint density at radius 2 is 1.96 bits per heavy atom. The number of hydrogen-bond acceptors (Lipinski definition) is 7. The van der Waals surface area contributed by atoms with Crippen LogP contribution >= 0.6 is 11.6 Å². The van der Waals surface area contributed by atoms with E-state index in [0.29, 0.717) is 41.8 Å². The van der Waals surface area contributed by atoms with Crippen LogP contribution in [0.5, 0.6) is 11.5 Å². The Morgan fingerprint density at radius 1 is 1.22 bits per heavy atom. The van der Waals surface area contributed by atoms with Crippen LogP contribution in [0.15, 0.2) is 48.7 Å². The molecule has 0 spiro atoms. The molecule has 10 nitrogen and oxygen atoms in total.